The van der Waals surface area contributed by atoms with Crippen LogP contribution < -0.4 is 5.73 Å². The monoisotopic (exact) mass is 203 g/mol. The maximum absolute atomic E-state index is 11.1. The Bertz CT molecular complexity index is 497. The Labute approximate surface area is 84.5 Å². The third-order valence-electron chi connectivity index (χ3n) is 2.34. The van der Waals surface area contributed by atoms with Gasteiger partial charge < -0.3 is 5.73 Å². The van der Waals surface area contributed by atoms with E-state index in [4.69, 9.17) is 5.73 Å². The van der Waals surface area contributed by atoms with Crippen molar-refractivity contribution in [2.24, 2.45) is 21.2 Å². The molecule has 2 heterocycles. The minimum atomic E-state index is -0.681. The summed E-state index contributed by atoms with van der Waals surface area (Å²) in [5, 5.41) is 12.7. The summed E-state index contributed by atoms with van der Waals surface area (Å²) >= 11 is 0. The van der Waals surface area contributed by atoms with Gasteiger partial charge >= 0.3 is 6.03 Å². The molecule has 0 radical (unpaired) electrons. The second-order valence-electron chi connectivity index (χ2n) is 3.24. The summed E-state index contributed by atoms with van der Waals surface area (Å²) in [6.45, 7) is 0. The molecule has 3 aliphatic rings. The highest BCUT2D eigenvalue weighted by Gasteiger charge is 2.43. The van der Waals surface area contributed by atoms with E-state index in [0.29, 0.717) is 0 Å². The number of hydrogen-bond acceptors (Lipinski definition) is 4. The molecule has 1 unspecified atom stereocenters. The van der Waals surface area contributed by atoms with Gasteiger partial charge in [0.1, 0.15) is 6.21 Å². The van der Waals surface area contributed by atoms with Crippen molar-refractivity contribution >= 4 is 18.0 Å². The molecule has 0 aromatic rings. The largest absolute Gasteiger partial charge is 0.382 e. The van der Waals surface area contributed by atoms with Crippen LogP contribution in [0.1, 0.15) is 0 Å². The van der Waals surface area contributed by atoms with Crippen LogP contribution in [0.25, 0.3) is 0 Å². The zero-order valence-electron chi connectivity index (χ0n) is 7.61. The van der Waals surface area contributed by atoms with Crippen LogP contribution in [0, 0.1) is 0 Å². The third kappa shape index (κ3) is 0.967. The van der Waals surface area contributed by atoms with Gasteiger partial charge in [0.25, 0.3) is 0 Å². The van der Waals surface area contributed by atoms with Crippen molar-refractivity contribution in [2.75, 3.05) is 0 Å². The van der Waals surface area contributed by atoms with Gasteiger partial charge in [-0.1, -0.05) is 12.2 Å². The zero-order valence-corrected chi connectivity index (χ0v) is 7.61. The highest BCUT2D eigenvalue weighted by Crippen LogP contribution is 2.23. The molecule has 0 saturated carbocycles. The summed E-state index contributed by atoms with van der Waals surface area (Å²) in [5.74, 6) is 0. The van der Waals surface area contributed by atoms with Crippen molar-refractivity contribution in [2.45, 2.75) is 6.04 Å². The van der Waals surface area contributed by atoms with Gasteiger partial charge in [0.2, 0.25) is 6.04 Å². The molecular weight excluding hydrogens is 196 g/mol. The molecule has 0 aromatic heterocycles. The van der Waals surface area contributed by atoms with Gasteiger partial charge in [-0.3, -0.25) is 0 Å². The molecule has 0 saturated heterocycles. The van der Waals surface area contributed by atoms with Crippen molar-refractivity contribution in [3.63, 3.8) is 0 Å². The van der Waals surface area contributed by atoms with E-state index in [9.17, 15) is 4.79 Å². The lowest BCUT2D eigenvalue weighted by Crippen LogP contribution is -2.49. The van der Waals surface area contributed by atoms with Crippen molar-refractivity contribution in [1.82, 2.24) is 5.12 Å². The van der Waals surface area contributed by atoms with E-state index in [1.165, 1.54) is 4.81 Å². The van der Waals surface area contributed by atoms with Crippen LogP contribution in [0.4, 0.5) is 4.79 Å². The standard InChI is InChI=1S/C8H6N6O/c9-8(15)14-10-4-5-2-1-3-6-7(5)13(14)12-11-6/h1-4,7H,(H-,9,15)/p+1. The van der Waals surface area contributed by atoms with Gasteiger partial charge in [0.15, 0.2) is 5.71 Å². The Balaban J connectivity index is 2.12. The van der Waals surface area contributed by atoms with Crippen LogP contribution in [0.2, 0.25) is 0 Å². The number of amides is 2. The molecule has 1 atom stereocenters. The number of nitrogens with two attached hydrogens (primary N) is 1. The number of nitrogens with zero attached hydrogens (tertiary/aromatic N) is 5. The van der Waals surface area contributed by atoms with Crippen LogP contribution in [-0.4, -0.2) is 33.9 Å². The summed E-state index contributed by atoms with van der Waals surface area (Å²) in [5.41, 5.74) is 6.88. The molecule has 7 heteroatoms. The SMILES string of the molecule is NC(=O)N1N=CC2=CC=CC3=NN=[N+]1C23. The second-order valence-corrected chi connectivity index (χ2v) is 3.24. The van der Waals surface area contributed by atoms with E-state index in [1.54, 1.807) is 6.21 Å². The van der Waals surface area contributed by atoms with Gasteiger partial charge in [0.05, 0.1) is 5.22 Å². The molecule has 15 heavy (non-hydrogen) atoms. The van der Waals surface area contributed by atoms with Crippen LogP contribution >= 0.6 is 0 Å². The Hall–Kier alpha value is -2.31. The number of urea groups is 1. The summed E-state index contributed by atoms with van der Waals surface area (Å²) in [7, 11) is 0. The zero-order chi connectivity index (χ0) is 10.4. The van der Waals surface area contributed by atoms with E-state index in [-0.39, 0.29) is 6.04 Å². The fourth-order valence-electron chi connectivity index (χ4n) is 1.69. The van der Waals surface area contributed by atoms with Crippen molar-refractivity contribution in [1.29, 1.82) is 0 Å². The maximum atomic E-state index is 11.1. The normalized spacial score (nSPS) is 25.7. The van der Waals surface area contributed by atoms with Crippen molar-refractivity contribution in [3.8, 4) is 0 Å². The first-order chi connectivity index (χ1) is 7.27. The molecule has 2 amide bonds. The molecule has 1 aliphatic carbocycles. The van der Waals surface area contributed by atoms with Crippen LogP contribution in [-0.2, 0) is 0 Å². The molecule has 7 nitrogen and oxygen atoms in total. The number of hydrogen-bond donors (Lipinski definition) is 1. The number of hydrazone groups is 1. The highest BCUT2D eigenvalue weighted by atomic mass is 16.2. The summed E-state index contributed by atoms with van der Waals surface area (Å²) < 4.78 is 0. The lowest BCUT2D eigenvalue weighted by molar-refractivity contribution is -0.732. The number of carbonyl (C=O) groups is 1. The molecule has 2 N–H and O–H groups in total. The number of hydrazine groups is 1. The average Bonchev–Trinajstić information content (AvgIpc) is 2.65. The Morgan fingerprint density at radius 2 is 2.47 bits per heavy atom. The molecular formula is C8H7N6O+. The third-order valence-corrected chi connectivity index (χ3v) is 2.34. The lowest BCUT2D eigenvalue weighted by atomic mass is 9.98. The topological polar surface area (TPSA) is 86.4 Å². The first kappa shape index (κ1) is 8.04. The first-order valence-corrected chi connectivity index (χ1v) is 4.37. The summed E-state index contributed by atoms with van der Waals surface area (Å²) in [6.07, 6.45) is 7.21. The van der Waals surface area contributed by atoms with E-state index < -0.39 is 6.03 Å². The number of carbonyl (C=O) groups excluding carboxylic acids is 1. The van der Waals surface area contributed by atoms with Crippen molar-refractivity contribution in [3.05, 3.63) is 23.8 Å². The van der Waals surface area contributed by atoms with Gasteiger partial charge in [0, 0.05) is 15.8 Å². The molecule has 0 bridgehead atoms. The smallest absolute Gasteiger partial charge is 0.346 e. The minimum Gasteiger partial charge on any atom is -0.346 e. The highest BCUT2D eigenvalue weighted by molar-refractivity contribution is 6.07. The van der Waals surface area contributed by atoms with Crippen LogP contribution in [0.5, 0.6) is 0 Å². The predicted molar refractivity (Wildman–Crippen MR) is 51.0 cm³/mol. The van der Waals surface area contributed by atoms with Crippen molar-refractivity contribution < 1.29 is 9.60 Å². The predicted octanol–water partition coefficient (Wildman–Crippen LogP) is -0.0194. The first-order valence-electron chi connectivity index (χ1n) is 4.37. The maximum Gasteiger partial charge on any atom is 0.382 e. The lowest BCUT2D eigenvalue weighted by Gasteiger charge is -2.20. The molecule has 2 aliphatic heterocycles. The quantitative estimate of drug-likeness (QED) is 0.551. The Morgan fingerprint density at radius 3 is 3.27 bits per heavy atom. The number of rotatable bonds is 0. The summed E-state index contributed by atoms with van der Waals surface area (Å²) in [4.78, 5) is 12.4. The van der Waals surface area contributed by atoms with E-state index in [2.05, 4.69) is 15.4 Å². The summed E-state index contributed by atoms with van der Waals surface area (Å²) in [6, 6.07) is -0.847. The van der Waals surface area contributed by atoms with E-state index >= 15 is 0 Å². The molecule has 0 spiro atoms. The number of allylic oxidation sites excluding steroid dienone is 2. The Morgan fingerprint density at radius 1 is 1.60 bits per heavy atom. The molecule has 74 valence electrons. The Kier molecular flexibility index (Phi) is 1.39. The van der Waals surface area contributed by atoms with Gasteiger partial charge in [-0.25, -0.2) is 4.79 Å². The number of primary amides is 1. The molecule has 0 aromatic carbocycles. The fraction of sp³-hybridized carbons (Fsp3) is 0.125. The fourth-order valence-corrected chi connectivity index (χ4v) is 1.69. The van der Waals surface area contributed by atoms with Gasteiger partial charge in [-0.05, 0) is 16.0 Å². The van der Waals surface area contributed by atoms with Crippen LogP contribution in [0.3, 0.4) is 0 Å². The minimum absolute atomic E-state index is 0.167. The molecule has 3 rings (SSSR count). The van der Waals surface area contributed by atoms with E-state index in [0.717, 1.165) is 16.4 Å². The van der Waals surface area contributed by atoms with E-state index in [1.807, 2.05) is 18.2 Å². The average molecular weight is 203 g/mol. The second kappa shape index (κ2) is 2.59. The van der Waals surface area contributed by atoms with Gasteiger partial charge in [-0.15, -0.1) is 0 Å². The molecule has 0 fully saturated rings. The van der Waals surface area contributed by atoms with Crippen LogP contribution in [0.15, 0.2) is 39.2 Å². The van der Waals surface area contributed by atoms with Gasteiger partial charge in [-0.2, -0.15) is 0 Å².